The molecule has 0 radical (unpaired) electrons. The largest absolute Gasteiger partial charge is 0.328 e. The molecule has 0 aliphatic heterocycles. The maximum Gasteiger partial charge on any atom is 0.00610 e. The highest BCUT2D eigenvalue weighted by Gasteiger charge is 2.14. The fourth-order valence-electron chi connectivity index (χ4n) is 4.89. The number of hydrogen-bond acceptors (Lipinski definition) is 2. The van der Waals surface area contributed by atoms with E-state index in [1.165, 1.54) is 60.8 Å². The Kier molecular flexibility index (Phi) is 11.5. The van der Waals surface area contributed by atoms with E-state index in [9.17, 15) is 0 Å². The summed E-state index contributed by atoms with van der Waals surface area (Å²) in [6.07, 6.45) is 9.51. The van der Waals surface area contributed by atoms with E-state index >= 15 is 0 Å². The number of benzene rings is 2. The van der Waals surface area contributed by atoms with Gasteiger partial charge in [0.15, 0.2) is 0 Å². The van der Waals surface area contributed by atoms with E-state index < -0.39 is 0 Å². The summed E-state index contributed by atoms with van der Waals surface area (Å²) in [4.78, 5) is 0. The zero-order valence-corrected chi connectivity index (χ0v) is 21.3. The third-order valence-corrected chi connectivity index (χ3v) is 7.23. The minimum absolute atomic E-state index is 0.310. The molecule has 0 aromatic heterocycles. The molecule has 4 unspecified atom stereocenters. The standard InChI is InChI=1S/C30H48N2/c1-6-25(12-8-10-22(3)31)29-18-14-27(15-19-29)24(5)28-16-20-30(21-17-28)26(7-2)13-9-11-23(4)32/h14-26H,6-13,31-32H2,1-5H3. The van der Waals surface area contributed by atoms with Crippen LogP contribution in [0.4, 0.5) is 0 Å². The van der Waals surface area contributed by atoms with Crippen molar-refractivity contribution >= 4 is 0 Å². The second-order valence-corrected chi connectivity index (χ2v) is 10.1. The smallest absolute Gasteiger partial charge is 0.00610 e. The summed E-state index contributed by atoms with van der Waals surface area (Å²) in [7, 11) is 0. The maximum atomic E-state index is 5.93. The molecule has 4 N–H and O–H groups in total. The minimum Gasteiger partial charge on any atom is -0.328 e. The van der Waals surface area contributed by atoms with Gasteiger partial charge in [-0.2, -0.15) is 0 Å². The van der Waals surface area contributed by atoms with E-state index in [4.69, 9.17) is 11.5 Å². The lowest BCUT2D eigenvalue weighted by atomic mass is 9.86. The lowest BCUT2D eigenvalue weighted by Crippen LogP contribution is -2.14. The van der Waals surface area contributed by atoms with Crippen LogP contribution < -0.4 is 11.5 Å². The molecule has 178 valence electrons. The molecule has 0 aliphatic carbocycles. The highest BCUT2D eigenvalue weighted by molar-refractivity contribution is 5.36. The molecule has 0 heterocycles. The normalized spacial score (nSPS) is 16.3. The minimum atomic E-state index is 0.310. The van der Waals surface area contributed by atoms with Gasteiger partial charge < -0.3 is 11.5 Å². The molecular formula is C30H48N2. The van der Waals surface area contributed by atoms with E-state index in [1.54, 1.807) is 0 Å². The van der Waals surface area contributed by atoms with Crippen molar-refractivity contribution < 1.29 is 0 Å². The van der Waals surface area contributed by atoms with Gasteiger partial charge in [-0.15, -0.1) is 0 Å². The Morgan fingerprint density at radius 2 is 0.844 bits per heavy atom. The summed E-state index contributed by atoms with van der Waals surface area (Å²) >= 11 is 0. The average molecular weight is 437 g/mol. The molecule has 2 aromatic carbocycles. The van der Waals surface area contributed by atoms with Gasteiger partial charge in [-0.25, -0.2) is 0 Å². The number of rotatable bonds is 14. The molecule has 0 saturated carbocycles. The molecule has 2 nitrogen and oxygen atoms in total. The number of nitrogens with two attached hydrogens (primary N) is 2. The van der Waals surface area contributed by atoms with E-state index in [1.807, 2.05) is 0 Å². The Morgan fingerprint density at radius 1 is 0.531 bits per heavy atom. The molecule has 2 rings (SSSR count). The summed E-state index contributed by atoms with van der Waals surface area (Å²) in [5.41, 5.74) is 17.6. The first kappa shape index (κ1) is 26.6. The van der Waals surface area contributed by atoms with E-state index in [-0.39, 0.29) is 0 Å². The van der Waals surface area contributed by atoms with Crippen molar-refractivity contribution in [1.29, 1.82) is 0 Å². The van der Waals surface area contributed by atoms with Crippen LogP contribution in [0.2, 0.25) is 0 Å². The Balaban J connectivity index is 2.00. The maximum absolute atomic E-state index is 5.93. The molecule has 0 fully saturated rings. The molecule has 4 atom stereocenters. The van der Waals surface area contributed by atoms with Crippen molar-refractivity contribution in [3.8, 4) is 0 Å². The van der Waals surface area contributed by atoms with Gasteiger partial charge in [0, 0.05) is 18.0 Å². The monoisotopic (exact) mass is 436 g/mol. The van der Waals surface area contributed by atoms with Crippen LogP contribution in [0.25, 0.3) is 0 Å². The molecule has 0 saturated heterocycles. The van der Waals surface area contributed by atoms with Gasteiger partial charge >= 0.3 is 0 Å². The Bertz CT molecular complexity index is 680. The lowest BCUT2D eigenvalue weighted by molar-refractivity contribution is 0.527. The van der Waals surface area contributed by atoms with Gasteiger partial charge in [-0.3, -0.25) is 0 Å². The SMILES string of the molecule is CCC(CCCC(C)N)c1ccc(C(C)c2ccc(C(CC)CCCC(C)N)cc2)cc1. The Labute approximate surface area is 198 Å². The lowest BCUT2D eigenvalue weighted by Gasteiger charge is -2.19. The van der Waals surface area contributed by atoms with Gasteiger partial charge in [0.05, 0.1) is 0 Å². The van der Waals surface area contributed by atoms with Crippen molar-refractivity contribution in [2.75, 3.05) is 0 Å². The topological polar surface area (TPSA) is 52.0 Å². The van der Waals surface area contributed by atoms with Crippen LogP contribution in [0, 0.1) is 0 Å². The number of hydrogen-bond donors (Lipinski definition) is 2. The highest BCUT2D eigenvalue weighted by Crippen LogP contribution is 2.31. The van der Waals surface area contributed by atoms with Crippen molar-refractivity contribution in [2.45, 2.75) is 116 Å². The second kappa shape index (κ2) is 13.8. The van der Waals surface area contributed by atoms with Crippen molar-refractivity contribution in [3.63, 3.8) is 0 Å². The van der Waals surface area contributed by atoms with Crippen LogP contribution in [0.5, 0.6) is 0 Å². The third-order valence-electron chi connectivity index (χ3n) is 7.23. The first-order valence-corrected chi connectivity index (χ1v) is 13.1. The Morgan fingerprint density at radius 3 is 1.12 bits per heavy atom. The molecule has 32 heavy (non-hydrogen) atoms. The molecule has 0 bridgehead atoms. The zero-order chi connectivity index (χ0) is 23.5. The first-order chi connectivity index (χ1) is 15.3. The third kappa shape index (κ3) is 8.37. The molecule has 0 aliphatic rings. The first-order valence-electron chi connectivity index (χ1n) is 13.1. The van der Waals surface area contributed by atoms with Crippen LogP contribution in [-0.2, 0) is 0 Å². The van der Waals surface area contributed by atoms with Gasteiger partial charge in [-0.05, 0) is 86.5 Å². The highest BCUT2D eigenvalue weighted by atomic mass is 14.6. The summed E-state index contributed by atoms with van der Waals surface area (Å²) < 4.78 is 0. The van der Waals surface area contributed by atoms with Crippen LogP contribution in [0.3, 0.4) is 0 Å². The summed E-state index contributed by atoms with van der Waals surface area (Å²) in [5.74, 6) is 1.70. The van der Waals surface area contributed by atoms with Crippen LogP contribution >= 0.6 is 0 Å². The molecule has 2 heteroatoms. The molecular weight excluding hydrogens is 388 g/mol. The van der Waals surface area contributed by atoms with Crippen molar-refractivity contribution in [2.24, 2.45) is 11.5 Å². The Hall–Kier alpha value is -1.64. The van der Waals surface area contributed by atoms with Crippen LogP contribution in [0.15, 0.2) is 48.5 Å². The van der Waals surface area contributed by atoms with Crippen LogP contribution in [-0.4, -0.2) is 12.1 Å². The van der Waals surface area contributed by atoms with Crippen LogP contribution in [0.1, 0.15) is 126 Å². The second-order valence-electron chi connectivity index (χ2n) is 10.1. The van der Waals surface area contributed by atoms with Gasteiger partial charge in [-0.1, -0.05) is 82.1 Å². The molecule has 0 amide bonds. The van der Waals surface area contributed by atoms with E-state index in [2.05, 4.69) is 83.1 Å². The van der Waals surface area contributed by atoms with Gasteiger partial charge in [0.2, 0.25) is 0 Å². The van der Waals surface area contributed by atoms with Gasteiger partial charge in [0.25, 0.3) is 0 Å². The summed E-state index contributed by atoms with van der Waals surface area (Å²) in [5, 5.41) is 0. The zero-order valence-electron chi connectivity index (χ0n) is 21.3. The van der Waals surface area contributed by atoms with E-state index in [0.29, 0.717) is 29.8 Å². The predicted octanol–water partition coefficient (Wildman–Crippen LogP) is 7.86. The predicted molar refractivity (Wildman–Crippen MR) is 141 cm³/mol. The summed E-state index contributed by atoms with van der Waals surface area (Å²) in [6, 6.07) is 19.4. The van der Waals surface area contributed by atoms with E-state index in [0.717, 1.165) is 12.8 Å². The van der Waals surface area contributed by atoms with Crippen molar-refractivity contribution in [1.82, 2.24) is 0 Å². The molecule has 2 aromatic rings. The average Bonchev–Trinajstić information content (AvgIpc) is 2.79. The fourth-order valence-corrected chi connectivity index (χ4v) is 4.89. The quantitative estimate of drug-likeness (QED) is 0.316. The van der Waals surface area contributed by atoms with Crippen molar-refractivity contribution in [3.05, 3.63) is 70.8 Å². The van der Waals surface area contributed by atoms with Gasteiger partial charge in [0.1, 0.15) is 0 Å². The fraction of sp³-hybridized carbons (Fsp3) is 0.600. The molecule has 0 spiro atoms. The summed E-state index contributed by atoms with van der Waals surface area (Å²) in [6.45, 7) is 11.1.